The van der Waals surface area contributed by atoms with Crippen LogP contribution in [0.3, 0.4) is 0 Å². The Morgan fingerprint density at radius 3 is 1.88 bits per heavy atom. The molecule has 0 radical (unpaired) electrons. The predicted molar refractivity (Wildman–Crippen MR) is 138 cm³/mol. The number of imide groups is 1. The third-order valence-electron chi connectivity index (χ3n) is 9.03. The summed E-state index contributed by atoms with van der Waals surface area (Å²) in [4.78, 5) is 60.6. The van der Waals surface area contributed by atoms with E-state index in [4.69, 9.17) is 4.74 Å². The molecular weight excluding hydrogens is 524 g/mol. The number of nitro benzene ring substituents is 2. The zero-order valence-electron chi connectivity index (χ0n) is 22.1. The van der Waals surface area contributed by atoms with Gasteiger partial charge in [0.25, 0.3) is 11.4 Å². The minimum Gasteiger partial charge on any atom is -0.468 e. The molecule has 4 aliphatic rings. The molecule has 2 saturated heterocycles. The molecular formula is C27H28N4O9. The summed E-state index contributed by atoms with van der Waals surface area (Å²) in [6.45, 7) is 2.01. The fraction of sp³-hybridized carbons (Fsp3) is 0.444. The van der Waals surface area contributed by atoms with E-state index in [0.29, 0.717) is 11.8 Å². The Balaban J connectivity index is 0.000000164. The number of likely N-dealkylation sites (tertiary alicyclic amines) is 2. The van der Waals surface area contributed by atoms with Gasteiger partial charge in [-0.15, -0.1) is 0 Å². The van der Waals surface area contributed by atoms with E-state index >= 15 is 0 Å². The summed E-state index contributed by atoms with van der Waals surface area (Å²) in [5, 5.41) is 31.5. The van der Waals surface area contributed by atoms with Gasteiger partial charge in [0.15, 0.2) is 0 Å². The van der Waals surface area contributed by atoms with Crippen LogP contribution in [0.4, 0.5) is 11.4 Å². The second-order valence-corrected chi connectivity index (χ2v) is 10.8. The number of rotatable bonds is 6. The number of carbonyl (C=O) groups excluding carboxylic acids is 3. The molecule has 210 valence electrons. The maximum absolute atomic E-state index is 12.3. The van der Waals surface area contributed by atoms with E-state index in [0.717, 1.165) is 30.7 Å². The molecule has 40 heavy (non-hydrogen) atoms. The molecule has 2 saturated carbocycles. The smallest absolute Gasteiger partial charge is 0.317 e. The Labute approximate surface area is 228 Å². The van der Waals surface area contributed by atoms with Crippen molar-refractivity contribution in [3.05, 3.63) is 79.9 Å². The van der Waals surface area contributed by atoms with Gasteiger partial charge in [0.05, 0.1) is 35.4 Å². The normalized spacial score (nSPS) is 31.6. The van der Waals surface area contributed by atoms with E-state index in [1.807, 2.05) is 6.07 Å². The van der Waals surface area contributed by atoms with Crippen LogP contribution in [-0.2, 0) is 30.0 Å². The van der Waals surface area contributed by atoms with Gasteiger partial charge in [-0.25, -0.2) is 0 Å². The van der Waals surface area contributed by atoms with Crippen molar-refractivity contribution in [2.24, 2.45) is 23.7 Å². The molecule has 0 aromatic heterocycles. The highest BCUT2D eigenvalue weighted by molar-refractivity contribution is 6.17. The van der Waals surface area contributed by atoms with E-state index < -0.39 is 40.0 Å². The van der Waals surface area contributed by atoms with E-state index in [1.54, 1.807) is 12.1 Å². The summed E-state index contributed by atoms with van der Waals surface area (Å²) >= 11 is 0. The van der Waals surface area contributed by atoms with Crippen LogP contribution in [0.15, 0.2) is 48.5 Å². The highest BCUT2D eigenvalue weighted by atomic mass is 16.6. The minimum atomic E-state index is -1.44. The lowest BCUT2D eigenvalue weighted by Gasteiger charge is -2.22. The van der Waals surface area contributed by atoms with E-state index in [-0.39, 0.29) is 33.9 Å². The lowest BCUT2D eigenvalue weighted by Crippen LogP contribution is -2.40. The fourth-order valence-electron chi connectivity index (χ4n) is 6.96. The third kappa shape index (κ3) is 3.72. The van der Waals surface area contributed by atoms with Crippen molar-refractivity contribution in [1.82, 2.24) is 9.80 Å². The molecule has 0 bridgehead atoms. The lowest BCUT2D eigenvalue weighted by atomic mass is 9.89. The number of methoxy groups -OCH3 is 1. The Kier molecular flexibility index (Phi) is 6.46. The number of piperidine rings is 2. The van der Waals surface area contributed by atoms with E-state index in [9.17, 15) is 39.7 Å². The van der Waals surface area contributed by atoms with Gasteiger partial charge in [0, 0.05) is 49.8 Å². The monoisotopic (exact) mass is 552 g/mol. The molecule has 13 nitrogen and oxygen atoms in total. The molecule has 2 aromatic carbocycles. The molecule has 6 rings (SSSR count). The molecule has 13 heteroatoms. The molecule has 4 fully saturated rings. The first-order valence-corrected chi connectivity index (χ1v) is 12.7. The van der Waals surface area contributed by atoms with Crippen LogP contribution in [0.2, 0.25) is 0 Å². The van der Waals surface area contributed by atoms with Crippen LogP contribution in [0.1, 0.15) is 11.1 Å². The molecule has 2 heterocycles. The fourth-order valence-corrected chi connectivity index (χ4v) is 6.96. The predicted octanol–water partition coefficient (Wildman–Crippen LogP) is 1.27. The van der Waals surface area contributed by atoms with Crippen LogP contribution >= 0.6 is 0 Å². The van der Waals surface area contributed by atoms with Crippen molar-refractivity contribution in [2.75, 3.05) is 40.9 Å². The quantitative estimate of drug-likeness (QED) is 0.238. The molecule has 2 aliphatic carbocycles. The lowest BCUT2D eigenvalue weighted by molar-refractivity contribution is -0.385. The largest absolute Gasteiger partial charge is 0.468 e. The topological polar surface area (TPSA) is 173 Å². The van der Waals surface area contributed by atoms with Gasteiger partial charge in [0.2, 0.25) is 11.8 Å². The number of amides is 2. The minimum absolute atomic E-state index is 0.0807. The third-order valence-corrected chi connectivity index (χ3v) is 9.03. The van der Waals surface area contributed by atoms with Gasteiger partial charge >= 0.3 is 5.97 Å². The van der Waals surface area contributed by atoms with Gasteiger partial charge in [-0.1, -0.05) is 24.3 Å². The molecule has 1 N–H and O–H groups in total. The number of carbonyl (C=O) groups is 3. The number of ether oxygens (including phenoxy) is 1. The SMILES string of the molecule is CN1CC2C(C1)C2(CO)c1cccc([N+](=O)[O-])c1.COC(=O)C1(c2cccc([N+](=O)[O-])c2)C2C(=O)N(C)C(=O)C21. The number of fused-ring (bicyclic) bond motifs is 2. The number of hydrogen-bond acceptors (Lipinski definition) is 10. The van der Waals surface area contributed by atoms with Gasteiger partial charge < -0.3 is 14.7 Å². The first kappa shape index (κ1) is 27.3. The number of aliphatic hydroxyl groups excluding tert-OH is 1. The summed E-state index contributed by atoms with van der Waals surface area (Å²) < 4.78 is 4.77. The second-order valence-electron chi connectivity index (χ2n) is 10.8. The molecule has 4 unspecified atom stereocenters. The van der Waals surface area contributed by atoms with Crippen molar-refractivity contribution in [3.63, 3.8) is 0 Å². The van der Waals surface area contributed by atoms with Crippen LogP contribution in [-0.4, -0.2) is 83.4 Å². The van der Waals surface area contributed by atoms with Crippen molar-refractivity contribution in [1.29, 1.82) is 0 Å². The average Bonchev–Trinajstić information content (AvgIpc) is 3.72. The summed E-state index contributed by atoms with van der Waals surface area (Å²) in [5.74, 6) is -2.47. The molecule has 2 aromatic rings. The van der Waals surface area contributed by atoms with Crippen LogP contribution < -0.4 is 0 Å². The number of hydrogen-bond donors (Lipinski definition) is 1. The van der Waals surface area contributed by atoms with E-state index in [1.165, 1.54) is 37.4 Å². The number of aliphatic hydroxyl groups is 1. The summed E-state index contributed by atoms with van der Waals surface area (Å²) in [5.41, 5.74) is -0.599. The van der Waals surface area contributed by atoms with Gasteiger partial charge in [-0.2, -0.15) is 0 Å². The first-order valence-electron chi connectivity index (χ1n) is 12.7. The van der Waals surface area contributed by atoms with Gasteiger partial charge in [0.1, 0.15) is 5.41 Å². The van der Waals surface area contributed by atoms with E-state index in [2.05, 4.69) is 11.9 Å². The summed E-state index contributed by atoms with van der Waals surface area (Å²) in [6, 6.07) is 12.2. The number of non-ortho nitro benzene ring substituents is 2. The standard InChI is InChI=1S/C14H12N2O6.C13H16N2O3/c1-15-11(17)9-10(12(15)18)14(9,13(19)22-2)7-4-3-5-8(6-7)16(20)21;1-14-6-11-12(7-14)13(11,8-16)9-3-2-4-10(5-9)15(17)18/h3-6,9-10H,1-2H3;2-5,11-12,16H,6-8H2,1H3. The summed E-state index contributed by atoms with van der Waals surface area (Å²) in [6.07, 6.45) is 0. The molecule has 4 atom stereocenters. The Morgan fingerprint density at radius 1 is 0.950 bits per heavy atom. The molecule has 2 aliphatic heterocycles. The van der Waals surface area contributed by atoms with Gasteiger partial charge in [-0.05, 0) is 30.0 Å². The average molecular weight is 553 g/mol. The number of nitro groups is 2. The van der Waals surface area contributed by atoms with Crippen molar-refractivity contribution in [3.8, 4) is 0 Å². The maximum atomic E-state index is 12.3. The van der Waals surface area contributed by atoms with Crippen LogP contribution in [0.25, 0.3) is 0 Å². The first-order chi connectivity index (χ1) is 19.0. The maximum Gasteiger partial charge on any atom is 0.317 e. The highest BCUT2D eigenvalue weighted by Gasteiger charge is 2.82. The second kappa shape index (κ2) is 9.45. The zero-order valence-corrected chi connectivity index (χ0v) is 22.1. The molecule has 0 spiro atoms. The summed E-state index contributed by atoms with van der Waals surface area (Å²) in [7, 11) is 4.59. The number of nitrogens with zero attached hydrogens (tertiary/aromatic N) is 4. The van der Waals surface area contributed by atoms with Crippen LogP contribution in [0, 0.1) is 43.9 Å². The molecule has 2 amide bonds. The Bertz CT molecular complexity index is 1410. The van der Waals surface area contributed by atoms with Gasteiger partial charge in [-0.3, -0.25) is 39.5 Å². The van der Waals surface area contributed by atoms with Crippen LogP contribution in [0.5, 0.6) is 0 Å². The van der Waals surface area contributed by atoms with Crippen molar-refractivity contribution < 1.29 is 34.1 Å². The number of benzene rings is 2. The van der Waals surface area contributed by atoms with Crippen molar-refractivity contribution >= 4 is 29.2 Å². The Hall–Kier alpha value is -4.23. The highest BCUT2D eigenvalue weighted by Crippen LogP contribution is 2.65. The number of esters is 1. The Morgan fingerprint density at radius 2 is 1.43 bits per heavy atom. The zero-order chi connectivity index (χ0) is 29.1. The van der Waals surface area contributed by atoms with Crippen molar-refractivity contribution in [2.45, 2.75) is 10.8 Å².